The van der Waals surface area contributed by atoms with Crippen molar-refractivity contribution < 1.29 is 4.92 Å². The molecule has 1 saturated heterocycles. The van der Waals surface area contributed by atoms with E-state index < -0.39 is 4.92 Å². The first-order valence-corrected chi connectivity index (χ1v) is 5.33. The second kappa shape index (κ2) is 4.89. The molecule has 0 N–H and O–H groups in total. The Hall–Kier alpha value is -1.69. The largest absolute Gasteiger partial charge is 0.312 e. The Morgan fingerprint density at radius 3 is 3.06 bits per heavy atom. The second-order valence-corrected chi connectivity index (χ2v) is 3.65. The highest BCUT2D eigenvalue weighted by molar-refractivity contribution is 5.56. The van der Waals surface area contributed by atoms with Crippen LogP contribution < -0.4 is 10.4 Å². The summed E-state index contributed by atoms with van der Waals surface area (Å²) in [6.45, 7) is 1.42. The van der Waals surface area contributed by atoms with E-state index in [1.165, 1.54) is 6.07 Å². The molecule has 0 aromatic carbocycles. The summed E-state index contributed by atoms with van der Waals surface area (Å²) >= 11 is 0. The van der Waals surface area contributed by atoms with Crippen molar-refractivity contribution in [3.8, 4) is 0 Å². The number of aromatic nitrogens is 1. The minimum absolute atomic E-state index is 0.0214. The molecule has 1 aliphatic rings. The van der Waals surface area contributed by atoms with Crippen molar-refractivity contribution in [2.75, 3.05) is 18.1 Å². The maximum absolute atomic E-state index is 10.8. The lowest BCUT2D eigenvalue weighted by Gasteiger charge is -2.18. The van der Waals surface area contributed by atoms with Crippen molar-refractivity contribution in [3.63, 3.8) is 0 Å². The molecule has 0 amide bonds. The summed E-state index contributed by atoms with van der Waals surface area (Å²) in [7, 11) is 0. The molecular weight excluding hydrogens is 208 g/mol. The normalized spacial score (nSPS) is 16.9. The third-order valence-corrected chi connectivity index (χ3v) is 2.51. The lowest BCUT2D eigenvalue weighted by molar-refractivity contribution is -0.384. The molecule has 2 heterocycles. The number of anilines is 1. The predicted octanol–water partition coefficient (Wildman–Crippen LogP) is 1.50. The molecule has 85 valence electrons. The number of pyridine rings is 1. The van der Waals surface area contributed by atoms with Gasteiger partial charge in [0, 0.05) is 25.4 Å². The van der Waals surface area contributed by atoms with Gasteiger partial charge >= 0.3 is 5.69 Å². The fraction of sp³-hybridized carbons (Fsp3) is 0.500. The Balaban J connectivity index is 2.27. The molecule has 6 heteroatoms. The van der Waals surface area contributed by atoms with E-state index in [2.05, 4.69) is 10.4 Å². The molecule has 0 spiro atoms. The molecule has 2 rings (SSSR count). The van der Waals surface area contributed by atoms with Crippen molar-refractivity contribution in [2.45, 2.75) is 19.3 Å². The molecule has 1 aromatic heterocycles. The van der Waals surface area contributed by atoms with E-state index >= 15 is 0 Å². The van der Waals surface area contributed by atoms with Gasteiger partial charge in [-0.15, -0.1) is 5.43 Å². The molecule has 1 fully saturated rings. The monoisotopic (exact) mass is 221 g/mol. The van der Waals surface area contributed by atoms with Crippen LogP contribution in [0.5, 0.6) is 0 Å². The fourth-order valence-electron chi connectivity index (χ4n) is 1.72. The minimum atomic E-state index is -0.414. The van der Waals surface area contributed by atoms with Crippen LogP contribution in [0.25, 0.3) is 0 Å². The molecule has 1 radical (unpaired) electrons. The topological polar surface area (TPSA) is 73.4 Å². The Labute approximate surface area is 93.4 Å². The van der Waals surface area contributed by atoms with Gasteiger partial charge in [-0.25, -0.2) is 4.98 Å². The van der Waals surface area contributed by atoms with Gasteiger partial charge in [0.25, 0.3) is 0 Å². The molecule has 6 nitrogen and oxygen atoms in total. The third-order valence-electron chi connectivity index (χ3n) is 2.51. The smallest absolute Gasteiger partial charge is 0.268 e. The van der Waals surface area contributed by atoms with Crippen molar-refractivity contribution in [1.29, 1.82) is 0 Å². The number of hydrogen-bond acceptors (Lipinski definition) is 4. The molecule has 1 aliphatic heterocycles. The zero-order valence-electron chi connectivity index (χ0n) is 8.87. The average Bonchev–Trinajstić information content (AvgIpc) is 2.57. The van der Waals surface area contributed by atoms with E-state index in [-0.39, 0.29) is 5.69 Å². The standard InChI is InChI=1S/C10H13N4O2/c15-14(16)9-5-4-6-11-10(9)13-8-3-1-2-7-12-13/h4-6H,1-3,7-8H2. The summed E-state index contributed by atoms with van der Waals surface area (Å²) in [4.78, 5) is 14.5. The van der Waals surface area contributed by atoms with Crippen molar-refractivity contribution >= 4 is 11.5 Å². The Morgan fingerprint density at radius 2 is 2.25 bits per heavy atom. The number of hydrogen-bond donors (Lipinski definition) is 0. The predicted molar refractivity (Wildman–Crippen MR) is 59.1 cm³/mol. The van der Waals surface area contributed by atoms with Crippen molar-refractivity contribution in [2.24, 2.45) is 0 Å². The molecule has 0 saturated carbocycles. The van der Waals surface area contributed by atoms with Gasteiger partial charge in [0.2, 0.25) is 5.82 Å². The van der Waals surface area contributed by atoms with E-state index in [0.29, 0.717) is 18.9 Å². The Kier molecular flexibility index (Phi) is 3.31. The van der Waals surface area contributed by atoms with E-state index in [9.17, 15) is 10.1 Å². The average molecular weight is 221 g/mol. The zero-order valence-corrected chi connectivity index (χ0v) is 8.87. The summed E-state index contributed by atoms with van der Waals surface area (Å²) in [6.07, 6.45) is 4.71. The van der Waals surface area contributed by atoms with Crippen LogP contribution in [0.1, 0.15) is 19.3 Å². The highest BCUT2D eigenvalue weighted by Crippen LogP contribution is 2.25. The van der Waals surface area contributed by atoms with E-state index in [4.69, 9.17) is 0 Å². The molecule has 0 bridgehead atoms. The van der Waals surface area contributed by atoms with Crippen LogP contribution in [0.15, 0.2) is 18.3 Å². The molecule has 0 aliphatic carbocycles. The lowest BCUT2D eigenvalue weighted by Crippen LogP contribution is -2.32. The first-order chi connectivity index (χ1) is 7.79. The third kappa shape index (κ3) is 2.27. The summed E-state index contributed by atoms with van der Waals surface area (Å²) in [6, 6.07) is 3.03. The van der Waals surface area contributed by atoms with Gasteiger partial charge in [-0.1, -0.05) is 6.42 Å². The Bertz CT molecular complexity index is 375. The first-order valence-electron chi connectivity index (χ1n) is 5.33. The van der Waals surface area contributed by atoms with Crippen LogP contribution in [-0.2, 0) is 0 Å². The molecular formula is C10H13N4O2. The zero-order chi connectivity index (χ0) is 11.4. The van der Waals surface area contributed by atoms with Gasteiger partial charge in [0.05, 0.1) is 4.92 Å². The summed E-state index contributed by atoms with van der Waals surface area (Å²) in [5.41, 5.74) is 4.32. The van der Waals surface area contributed by atoms with Gasteiger partial charge in [-0.2, -0.15) is 0 Å². The van der Waals surface area contributed by atoms with Crippen LogP contribution in [0.4, 0.5) is 11.5 Å². The second-order valence-electron chi connectivity index (χ2n) is 3.65. The van der Waals surface area contributed by atoms with Crippen LogP contribution in [0, 0.1) is 10.1 Å². The number of rotatable bonds is 2. The molecule has 1 aromatic rings. The fourth-order valence-corrected chi connectivity index (χ4v) is 1.72. The highest BCUT2D eigenvalue weighted by Gasteiger charge is 2.21. The number of nitro groups is 1. The van der Waals surface area contributed by atoms with Gasteiger partial charge < -0.3 is 0 Å². The van der Waals surface area contributed by atoms with Gasteiger partial charge in [0.1, 0.15) is 0 Å². The molecule has 0 unspecified atom stereocenters. The highest BCUT2D eigenvalue weighted by atomic mass is 16.6. The van der Waals surface area contributed by atoms with Gasteiger partial charge in [-0.3, -0.25) is 15.1 Å². The quantitative estimate of drug-likeness (QED) is 0.560. The van der Waals surface area contributed by atoms with Gasteiger partial charge in [0.15, 0.2) is 0 Å². The maximum Gasteiger partial charge on any atom is 0.312 e. The summed E-state index contributed by atoms with van der Waals surface area (Å²) in [5.74, 6) is 0.356. The lowest BCUT2D eigenvalue weighted by atomic mass is 10.2. The van der Waals surface area contributed by atoms with Crippen LogP contribution in [0.3, 0.4) is 0 Å². The van der Waals surface area contributed by atoms with Gasteiger partial charge in [-0.05, 0) is 18.9 Å². The van der Waals surface area contributed by atoms with Crippen LogP contribution >= 0.6 is 0 Å². The summed E-state index contributed by atoms with van der Waals surface area (Å²) < 4.78 is 0. The summed E-state index contributed by atoms with van der Waals surface area (Å²) in [5, 5.41) is 12.5. The minimum Gasteiger partial charge on any atom is -0.268 e. The molecule has 16 heavy (non-hydrogen) atoms. The van der Waals surface area contributed by atoms with Crippen LogP contribution in [0.2, 0.25) is 0 Å². The Morgan fingerprint density at radius 1 is 1.38 bits per heavy atom. The van der Waals surface area contributed by atoms with Crippen molar-refractivity contribution in [3.05, 3.63) is 28.4 Å². The first kappa shape index (κ1) is 10.8. The van der Waals surface area contributed by atoms with Crippen molar-refractivity contribution in [1.82, 2.24) is 10.4 Å². The molecule has 0 atom stereocenters. The van der Waals surface area contributed by atoms with E-state index in [0.717, 1.165) is 19.3 Å². The number of nitrogens with zero attached hydrogens (tertiary/aromatic N) is 4. The van der Waals surface area contributed by atoms with E-state index in [1.807, 2.05) is 0 Å². The maximum atomic E-state index is 10.8. The van der Waals surface area contributed by atoms with E-state index in [1.54, 1.807) is 17.3 Å². The SMILES string of the molecule is O=[N+]([O-])c1cccnc1N1CCCCC[N]1. The van der Waals surface area contributed by atoms with Crippen LogP contribution in [-0.4, -0.2) is 23.0 Å².